The summed E-state index contributed by atoms with van der Waals surface area (Å²) in [5, 5.41) is 14.7. The summed E-state index contributed by atoms with van der Waals surface area (Å²) in [5.41, 5.74) is 4.91. The average molecular weight is 477 g/mol. The van der Waals surface area contributed by atoms with E-state index in [4.69, 9.17) is 11.6 Å². The average Bonchev–Trinajstić information content (AvgIpc) is 3.51. The number of hydrogen-bond acceptors (Lipinski definition) is 5. The topological polar surface area (TPSA) is 78.4 Å². The molecule has 5 rings (SSSR count). The van der Waals surface area contributed by atoms with Crippen molar-refractivity contribution in [1.82, 2.24) is 20.2 Å². The lowest BCUT2D eigenvalue weighted by molar-refractivity contribution is 0.0730. The quantitative estimate of drug-likeness (QED) is 0.519. The van der Waals surface area contributed by atoms with Crippen LogP contribution in [0, 0.1) is 0 Å². The molecule has 1 amide bonds. The van der Waals surface area contributed by atoms with Crippen LogP contribution in [0.2, 0.25) is 5.15 Å². The van der Waals surface area contributed by atoms with Crippen LogP contribution in [-0.2, 0) is 12.8 Å². The smallest absolute Gasteiger partial charge is 0.254 e. The molecule has 176 valence electrons. The Morgan fingerprint density at radius 1 is 1.15 bits per heavy atom. The van der Waals surface area contributed by atoms with Crippen molar-refractivity contribution in [1.29, 1.82) is 0 Å². The highest BCUT2D eigenvalue weighted by Crippen LogP contribution is 2.34. The fraction of sp³-hybridized carbons (Fsp3) is 0.370. The van der Waals surface area contributed by atoms with Crippen LogP contribution in [0.15, 0.2) is 60.9 Å². The van der Waals surface area contributed by atoms with E-state index in [-0.39, 0.29) is 24.0 Å². The molecule has 4 atom stereocenters. The van der Waals surface area contributed by atoms with Gasteiger partial charge >= 0.3 is 0 Å². The SMILES string of the molecule is CN(C(=O)c1ccc(C[C@@H]2CC[C@H](C(O)c3ccc(Cl)nc3)N2)cc1)C1CCc2ncccc21. The molecule has 1 aliphatic carbocycles. The first-order valence-electron chi connectivity index (χ1n) is 11.8. The molecule has 0 radical (unpaired) electrons. The van der Waals surface area contributed by atoms with Gasteiger partial charge in [0.05, 0.1) is 12.1 Å². The molecule has 2 N–H and O–H groups in total. The Morgan fingerprint density at radius 3 is 2.74 bits per heavy atom. The predicted octanol–water partition coefficient (Wildman–Crippen LogP) is 4.29. The summed E-state index contributed by atoms with van der Waals surface area (Å²) in [6.45, 7) is 0. The van der Waals surface area contributed by atoms with Crippen molar-refractivity contribution >= 4 is 17.5 Å². The number of hydrogen-bond donors (Lipinski definition) is 2. The van der Waals surface area contributed by atoms with Crippen molar-refractivity contribution in [3.63, 3.8) is 0 Å². The third-order valence-corrected chi connectivity index (χ3v) is 7.38. The third kappa shape index (κ3) is 4.71. The normalized spacial score (nSPS) is 22.4. The number of benzene rings is 1. The van der Waals surface area contributed by atoms with Gasteiger partial charge in [-0.1, -0.05) is 35.9 Å². The Morgan fingerprint density at radius 2 is 1.97 bits per heavy atom. The number of pyridine rings is 2. The van der Waals surface area contributed by atoms with Crippen LogP contribution in [0.1, 0.15) is 64.2 Å². The summed E-state index contributed by atoms with van der Waals surface area (Å²) in [5.74, 6) is 0.0343. The first kappa shape index (κ1) is 23.0. The number of fused-ring (bicyclic) bond motifs is 1. The maximum Gasteiger partial charge on any atom is 0.254 e. The van der Waals surface area contributed by atoms with Gasteiger partial charge in [0.25, 0.3) is 5.91 Å². The minimum atomic E-state index is -0.610. The summed E-state index contributed by atoms with van der Waals surface area (Å²) in [7, 11) is 1.88. The first-order valence-corrected chi connectivity index (χ1v) is 12.2. The van der Waals surface area contributed by atoms with E-state index in [1.807, 2.05) is 54.5 Å². The molecule has 34 heavy (non-hydrogen) atoms. The van der Waals surface area contributed by atoms with Crippen LogP contribution in [0.4, 0.5) is 0 Å². The van der Waals surface area contributed by atoms with Gasteiger partial charge in [-0.15, -0.1) is 0 Å². The second kappa shape index (κ2) is 9.82. The summed E-state index contributed by atoms with van der Waals surface area (Å²) in [6.07, 6.45) is 7.41. The predicted molar refractivity (Wildman–Crippen MR) is 132 cm³/mol. The number of aryl methyl sites for hydroxylation is 1. The molecule has 1 fully saturated rings. The Labute approximate surface area is 205 Å². The second-order valence-electron chi connectivity index (χ2n) is 9.32. The van der Waals surface area contributed by atoms with E-state index in [9.17, 15) is 9.90 Å². The Balaban J connectivity index is 1.18. The molecule has 6 nitrogen and oxygen atoms in total. The molecular formula is C27H29ClN4O2. The van der Waals surface area contributed by atoms with Crippen molar-refractivity contribution in [2.45, 2.75) is 56.3 Å². The van der Waals surface area contributed by atoms with Gasteiger partial charge in [0, 0.05) is 48.3 Å². The molecule has 1 aliphatic heterocycles. The van der Waals surface area contributed by atoms with Gasteiger partial charge in [0.1, 0.15) is 5.15 Å². The van der Waals surface area contributed by atoms with Gasteiger partial charge in [-0.3, -0.25) is 9.78 Å². The van der Waals surface area contributed by atoms with Crippen LogP contribution < -0.4 is 5.32 Å². The van der Waals surface area contributed by atoms with Gasteiger partial charge < -0.3 is 15.3 Å². The zero-order valence-electron chi connectivity index (χ0n) is 19.2. The number of rotatable bonds is 6. The van der Waals surface area contributed by atoms with Crippen LogP contribution in [0.25, 0.3) is 0 Å². The number of nitrogens with zero attached hydrogens (tertiary/aromatic N) is 3. The van der Waals surface area contributed by atoms with Crippen molar-refractivity contribution in [2.24, 2.45) is 0 Å². The molecule has 2 aromatic heterocycles. The second-order valence-corrected chi connectivity index (χ2v) is 9.70. The van der Waals surface area contributed by atoms with E-state index in [1.165, 1.54) is 5.56 Å². The zero-order chi connectivity index (χ0) is 23.7. The number of halogens is 1. The highest BCUT2D eigenvalue weighted by atomic mass is 35.5. The van der Waals surface area contributed by atoms with Crippen LogP contribution >= 0.6 is 11.6 Å². The Bertz CT molecular complexity index is 1150. The van der Waals surface area contributed by atoms with Crippen molar-refractivity contribution < 1.29 is 9.90 Å². The number of carbonyl (C=O) groups is 1. The summed E-state index contributed by atoms with van der Waals surface area (Å²) >= 11 is 5.86. The molecule has 1 aromatic carbocycles. The maximum atomic E-state index is 13.1. The number of carbonyl (C=O) groups excluding carboxylic acids is 1. The van der Waals surface area contributed by atoms with Crippen molar-refractivity contribution in [3.8, 4) is 0 Å². The molecule has 0 bridgehead atoms. The fourth-order valence-corrected chi connectivity index (χ4v) is 5.37. The van der Waals surface area contributed by atoms with E-state index in [0.717, 1.165) is 48.9 Å². The van der Waals surface area contributed by atoms with E-state index >= 15 is 0 Å². The summed E-state index contributed by atoms with van der Waals surface area (Å²) in [6, 6.07) is 15.8. The molecule has 2 aliphatic rings. The Hall–Kier alpha value is -2.80. The minimum Gasteiger partial charge on any atom is -0.387 e. The van der Waals surface area contributed by atoms with Gasteiger partial charge in [0.2, 0.25) is 0 Å². The molecule has 0 saturated carbocycles. The van der Waals surface area contributed by atoms with E-state index in [2.05, 4.69) is 21.4 Å². The molecular weight excluding hydrogens is 448 g/mol. The van der Waals surface area contributed by atoms with Gasteiger partial charge in [0.15, 0.2) is 0 Å². The number of aliphatic hydroxyl groups is 1. The molecule has 2 unspecified atom stereocenters. The first-order chi connectivity index (χ1) is 16.5. The standard InChI is InChI=1S/C27H29ClN4O2/c1-32(24-12-11-22-21(24)3-2-14-29-22)27(34)18-6-4-17(5-7-18)15-20-9-10-23(31-20)26(33)19-8-13-25(28)30-16-19/h2-8,13-14,16,20,23-24,26,31,33H,9-12,15H2,1H3/t20-,23+,24?,26?/m0/s1. The lowest BCUT2D eigenvalue weighted by Gasteiger charge is -2.25. The maximum absolute atomic E-state index is 13.1. The minimum absolute atomic E-state index is 0.00810. The highest BCUT2D eigenvalue weighted by molar-refractivity contribution is 6.29. The number of aliphatic hydroxyl groups excluding tert-OH is 1. The lowest BCUT2D eigenvalue weighted by Crippen LogP contribution is -2.35. The summed E-state index contributed by atoms with van der Waals surface area (Å²) < 4.78 is 0. The third-order valence-electron chi connectivity index (χ3n) is 7.16. The fourth-order valence-electron chi connectivity index (χ4n) is 5.26. The Kier molecular flexibility index (Phi) is 6.63. The van der Waals surface area contributed by atoms with Crippen LogP contribution in [0.3, 0.4) is 0 Å². The van der Waals surface area contributed by atoms with E-state index < -0.39 is 6.10 Å². The zero-order valence-corrected chi connectivity index (χ0v) is 19.9. The van der Waals surface area contributed by atoms with Crippen LogP contribution in [0.5, 0.6) is 0 Å². The molecule has 1 saturated heterocycles. The van der Waals surface area contributed by atoms with E-state index in [1.54, 1.807) is 12.3 Å². The van der Waals surface area contributed by atoms with Crippen molar-refractivity contribution in [3.05, 3.63) is 94.0 Å². The van der Waals surface area contributed by atoms with Crippen molar-refractivity contribution in [2.75, 3.05) is 7.05 Å². The van der Waals surface area contributed by atoms with Gasteiger partial charge in [-0.2, -0.15) is 0 Å². The van der Waals surface area contributed by atoms with Crippen LogP contribution in [-0.4, -0.2) is 45.0 Å². The van der Waals surface area contributed by atoms with Gasteiger partial charge in [-0.05, 0) is 67.5 Å². The molecule has 3 heterocycles. The lowest BCUT2D eigenvalue weighted by atomic mass is 10.0. The summed E-state index contributed by atoms with van der Waals surface area (Å²) in [4.78, 5) is 23.5. The molecule has 7 heteroatoms. The molecule has 3 aromatic rings. The highest BCUT2D eigenvalue weighted by Gasteiger charge is 2.31. The number of amides is 1. The van der Waals surface area contributed by atoms with Gasteiger partial charge in [-0.25, -0.2) is 4.98 Å². The monoisotopic (exact) mass is 476 g/mol. The largest absolute Gasteiger partial charge is 0.387 e. The van der Waals surface area contributed by atoms with E-state index in [0.29, 0.717) is 10.7 Å². The molecule has 0 spiro atoms. The number of aromatic nitrogens is 2. The number of nitrogens with one attached hydrogen (secondary N) is 1.